The molecule has 2 fully saturated rings. The van der Waals surface area contributed by atoms with Gasteiger partial charge in [-0.15, -0.1) is 11.3 Å². The summed E-state index contributed by atoms with van der Waals surface area (Å²) < 4.78 is 11.8. The van der Waals surface area contributed by atoms with Crippen LogP contribution in [0.3, 0.4) is 0 Å². The Morgan fingerprint density at radius 1 is 1.27 bits per heavy atom. The molecular weight excluding hydrogens is 474 g/mol. The van der Waals surface area contributed by atoms with E-state index in [4.69, 9.17) is 9.47 Å². The van der Waals surface area contributed by atoms with Crippen LogP contribution in [-0.4, -0.2) is 41.8 Å². The van der Waals surface area contributed by atoms with Gasteiger partial charge in [-0.25, -0.2) is 4.79 Å². The maximum absolute atomic E-state index is 13.0. The summed E-state index contributed by atoms with van der Waals surface area (Å²) in [6, 6.07) is 7.48. The van der Waals surface area contributed by atoms with Crippen molar-refractivity contribution in [3.8, 4) is 11.1 Å². The van der Waals surface area contributed by atoms with Crippen molar-refractivity contribution in [1.82, 2.24) is 0 Å². The number of thiophene rings is 1. The first kappa shape index (κ1) is 21.0. The zero-order chi connectivity index (χ0) is 21.4. The van der Waals surface area contributed by atoms with Gasteiger partial charge in [0.25, 0.3) is 0 Å². The fourth-order valence-electron chi connectivity index (χ4n) is 4.24. The van der Waals surface area contributed by atoms with E-state index in [-0.39, 0.29) is 12.2 Å². The fourth-order valence-corrected chi connectivity index (χ4v) is 5.60. The molecule has 2 bridgehead atoms. The van der Waals surface area contributed by atoms with E-state index in [1.54, 1.807) is 12.3 Å². The van der Waals surface area contributed by atoms with Gasteiger partial charge in [0.05, 0.1) is 30.7 Å². The van der Waals surface area contributed by atoms with E-state index in [0.29, 0.717) is 23.4 Å². The van der Waals surface area contributed by atoms with Crippen LogP contribution >= 0.6 is 27.3 Å². The molecule has 1 amide bonds. The highest BCUT2D eigenvalue weighted by atomic mass is 79.9. The topological polar surface area (TPSA) is 102 Å². The molecule has 1 aromatic carbocycles. The van der Waals surface area contributed by atoms with Crippen LogP contribution in [0.5, 0.6) is 0 Å². The number of carboxylic acids is 1. The van der Waals surface area contributed by atoms with Crippen molar-refractivity contribution >= 4 is 50.1 Å². The zero-order valence-corrected chi connectivity index (χ0v) is 18.5. The lowest BCUT2D eigenvalue weighted by Crippen LogP contribution is -2.41. The summed E-state index contributed by atoms with van der Waals surface area (Å²) >= 11 is 4.64. The van der Waals surface area contributed by atoms with Gasteiger partial charge in [0.1, 0.15) is 10.6 Å². The SMILES string of the molecule is CCOC(=O)c1c(-c2cccc(Br)c2)csc1NC(=O)C1C2CCC(O2)C1C(=O)O. The van der Waals surface area contributed by atoms with Crippen LogP contribution in [0.15, 0.2) is 34.1 Å². The van der Waals surface area contributed by atoms with Gasteiger partial charge in [0.2, 0.25) is 5.91 Å². The van der Waals surface area contributed by atoms with Gasteiger partial charge in [0, 0.05) is 15.4 Å². The predicted octanol–water partition coefficient (Wildman–Crippen LogP) is 4.17. The average molecular weight is 494 g/mol. The molecule has 7 nitrogen and oxygen atoms in total. The molecule has 0 saturated carbocycles. The van der Waals surface area contributed by atoms with E-state index in [0.717, 1.165) is 10.0 Å². The van der Waals surface area contributed by atoms with Crippen LogP contribution in [0.1, 0.15) is 30.1 Å². The monoisotopic (exact) mass is 493 g/mol. The molecule has 2 N–H and O–H groups in total. The molecule has 2 aromatic rings. The molecule has 4 atom stereocenters. The lowest BCUT2D eigenvalue weighted by atomic mass is 9.79. The number of anilines is 1. The van der Waals surface area contributed by atoms with Gasteiger partial charge >= 0.3 is 11.9 Å². The van der Waals surface area contributed by atoms with Crippen molar-refractivity contribution < 1.29 is 29.0 Å². The molecule has 2 aliphatic heterocycles. The summed E-state index contributed by atoms with van der Waals surface area (Å²) in [5, 5.41) is 14.5. The predicted molar refractivity (Wildman–Crippen MR) is 115 cm³/mol. The van der Waals surface area contributed by atoms with Crippen LogP contribution in [0, 0.1) is 11.8 Å². The summed E-state index contributed by atoms with van der Waals surface area (Å²) in [4.78, 5) is 37.5. The first-order valence-corrected chi connectivity index (χ1v) is 11.3. The summed E-state index contributed by atoms with van der Waals surface area (Å²) in [5.41, 5.74) is 1.72. The van der Waals surface area contributed by atoms with E-state index in [9.17, 15) is 19.5 Å². The number of carbonyl (C=O) groups is 3. The Kier molecular flexibility index (Phi) is 5.95. The average Bonchev–Trinajstić information content (AvgIpc) is 3.42. The Hall–Kier alpha value is -2.23. The smallest absolute Gasteiger partial charge is 0.341 e. The van der Waals surface area contributed by atoms with E-state index in [1.807, 2.05) is 24.3 Å². The minimum atomic E-state index is -1.03. The maximum Gasteiger partial charge on any atom is 0.341 e. The Bertz CT molecular complexity index is 1010. The largest absolute Gasteiger partial charge is 0.481 e. The fraction of sp³-hybridized carbons (Fsp3) is 0.381. The summed E-state index contributed by atoms with van der Waals surface area (Å²) in [6.07, 6.45) is 0.455. The lowest BCUT2D eigenvalue weighted by molar-refractivity contribution is -0.147. The number of halogens is 1. The lowest BCUT2D eigenvalue weighted by Gasteiger charge is -2.23. The van der Waals surface area contributed by atoms with Gasteiger partial charge in [-0.1, -0.05) is 28.1 Å². The third-order valence-corrected chi connectivity index (χ3v) is 6.89. The van der Waals surface area contributed by atoms with Gasteiger partial charge in [-0.05, 0) is 37.5 Å². The number of aliphatic carboxylic acids is 1. The molecule has 2 aliphatic rings. The highest BCUT2D eigenvalue weighted by molar-refractivity contribution is 9.10. The van der Waals surface area contributed by atoms with Gasteiger partial charge in [-0.2, -0.15) is 0 Å². The molecule has 158 valence electrons. The van der Waals surface area contributed by atoms with Crippen molar-refractivity contribution in [2.24, 2.45) is 11.8 Å². The van der Waals surface area contributed by atoms with Crippen LogP contribution in [0.25, 0.3) is 11.1 Å². The number of carbonyl (C=O) groups excluding carboxylic acids is 2. The number of hydrogen-bond donors (Lipinski definition) is 2. The zero-order valence-electron chi connectivity index (χ0n) is 16.1. The second-order valence-corrected chi connectivity index (χ2v) is 9.05. The van der Waals surface area contributed by atoms with Gasteiger partial charge in [0.15, 0.2) is 0 Å². The molecule has 2 saturated heterocycles. The van der Waals surface area contributed by atoms with Crippen molar-refractivity contribution in [2.45, 2.75) is 32.0 Å². The molecular formula is C21H20BrNO6S. The highest BCUT2D eigenvalue weighted by Crippen LogP contribution is 2.45. The Morgan fingerprint density at radius 3 is 2.67 bits per heavy atom. The molecule has 30 heavy (non-hydrogen) atoms. The minimum absolute atomic E-state index is 0.196. The van der Waals surface area contributed by atoms with Crippen LogP contribution in [0.4, 0.5) is 5.00 Å². The van der Waals surface area contributed by atoms with Crippen molar-refractivity contribution in [2.75, 3.05) is 11.9 Å². The second kappa shape index (κ2) is 8.49. The number of nitrogens with one attached hydrogen (secondary N) is 1. The van der Waals surface area contributed by atoms with E-state index in [1.165, 1.54) is 11.3 Å². The number of hydrogen-bond acceptors (Lipinski definition) is 6. The van der Waals surface area contributed by atoms with Crippen molar-refractivity contribution in [3.05, 3.63) is 39.7 Å². The standard InChI is InChI=1S/C21H20BrNO6S/c1-2-28-21(27)15-12(10-4-3-5-11(22)8-10)9-30-19(15)23-18(24)16-13-6-7-14(29-13)17(16)20(25)26/h3-5,8-9,13-14,16-17H,2,6-7H2,1H3,(H,23,24)(H,25,26). The third-order valence-electron chi connectivity index (χ3n) is 5.50. The Balaban J connectivity index is 1.66. The number of fused-ring (bicyclic) bond motifs is 2. The minimum Gasteiger partial charge on any atom is -0.481 e. The number of benzene rings is 1. The molecule has 4 rings (SSSR count). The number of amides is 1. The summed E-state index contributed by atoms with van der Waals surface area (Å²) in [5.74, 6) is -3.67. The maximum atomic E-state index is 13.0. The molecule has 0 aliphatic carbocycles. The Labute approximate surface area is 185 Å². The third kappa shape index (κ3) is 3.77. The number of rotatable bonds is 6. The molecule has 3 heterocycles. The summed E-state index contributed by atoms with van der Waals surface area (Å²) in [6.45, 7) is 1.91. The van der Waals surface area contributed by atoms with E-state index >= 15 is 0 Å². The molecule has 9 heteroatoms. The molecule has 1 aromatic heterocycles. The number of carboxylic acid groups (broad SMARTS) is 1. The molecule has 0 spiro atoms. The number of ether oxygens (including phenoxy) is 2. The molecule has 4 unspecified atom stereocenters. The van der Waals surface area contributed by atoms with Gasteiger partial charge < -0.3 is 19.9 Å². The molecule has 0 radical (unpaired) electrons. The van der Waals surface area contributed by atoms with Crippen molar-refractivity contribution in [1.29, 1.82) is 0 Å². The van der Waals surface area contributed by atoms with Gasteiger partial charge in [-0.3, -0.25) is 9.59 Å². The van der Waals surface area contributed by atoms with Crippen LogP contribution in [-0.2, 0) is 19.1 Å². The number of esters is 1. The Morgan fingerprint density at radius 2 is 2.00 bits per heavy atom. The van der Waals surface area contributed by atoms with E-state index in [2.05, 4.69) is 21.2 Å². The first-order chi connectivity index (χ1) is 14.4. The quantitative estimate of drug-likeness (QED) is 0.585. The normalized spacial score (nSPS) is 24.6. The summed E-state index contributed by atoms with van der Waals surface area (Å²) in [7, 11) is 0. The van der Waals surface area contributed by atoms with E-state index < -0.39 is 41.9 Å². The van der Waals surface area contributed by atoms with Crippen LogP contribution in [0.2, 0.25) is 0 Å². The second-order valence-electron chi connectivity index (χ2n) is 7.25. The first-order valence-electron chi connectivity index (χ1n) is 9.64. The van der Waals surface area contributed by atoms with Crippen LogP contribution < -0.4 is 5.32 Å². The van der Waals surface area contributed by atoms with Crippen molar-refractivity contribution in [3.63, 3.8) is 0 Å². The highest BCUT2D eigenvalue weighted by Gasteiger charge is 2.55.